The quantitative estimate of drug-likeness (QED) is 0.785. The number of methoxy groups -OCH3 is 1. The number of halogens is 3. The van der Waals surface area contributed by atoms with Gasteiger partial charge in [-0.3, -0.25) is 0 Å². The number of hydrogen-bond acceptors (Lipinski definition) is 5. The molecular formula is C20H25F3O5. The van der Waals surface area contributed by atoms with Crippen LogP contribution in [0.1, 0.15) is 26.3 Å². The third-order valence-corrected chi connectivity index (χ3v) is 6.31. The molecule has 28 heavy (non-hydrogen) atoms. The fourth-order valence-electron chi connectivity index (χ4n) is 4.43. The molecule has 0 amide bonds. The third-order valence-electron chi connectivity index (χ3n) is 6.31. The van der Waals surface area contributed by atoms with Gasteiger partial charge in [-0.15, -0.1) is 0 Å². The molecule has 1 N–H and O–H groups in total. The van der Waals surface area contributed by atoms with Crippen LogP contribution in [0.4, 0.5) is 13.2 Å². The van der Waals surface area contributed by atoms with Gasteiger partial charge >= 0.3 is 12.1 Å². The zero-order chi connectivity index (χ0) is 20.9. The summed E-state index contributed by atoms with van der Waals surface area (Å²) < 4.78 is 58.1. The number of aliphatic hydroxyl groups is 1. The first-order valence-electron chi connectivity index (χ1n) is 9.28. The summed E-state index contributed by atoms with van der Waals surface area (Å²) in [6.45, 7) is 5.58. The fraction of sp³-hybridized carbons (Fsp3) is 0.650. The number of alkyl halides is 3. The van der Waals surface area contributed by atoms with Crippen LogP contribution in [0.15, 0.2) is 30.3 Å². The number of carbonyl (C=O) groups is 1. The van der Waals surface area contributed by atoms with Gasteiger partial charge in [0.15, 0.2) is 6.10 Å². The molecule has 2 heterocycles. The smallest absolute Gasteiger partial charge is 0.432 e. The molecule has 0 saturated carbocycles. The Morgan fingerprint density at radius 3 is 2.14 bits per heavy atom. The number of esters is 1. The molecule has 8 heteroatoms. The topological polar surface area (TPSA) is 65.0 Å². The minimum Gasteiger partial charge on any atom is -0.454 e. The van der Waals surface area contributed by atoms with E-state index in [-0.39, 0.29) is 29.4 Å². The first-order chi connectivity index (χ1) is 13.1. The van der Waals surface area contributed by atoms with Crippen LogP contribution in [0.5, 0.6) is 0 Å². The molecule has 156 valence electrons. The summed E-state index contributed by atoms with van der Waals surface area (Å²) in [7, 11) is 0.814. The van der Waals surface area contributed by atoms with Crippen molar-refractivity contribution in [3.05, 3.63) is 35.9 Å². The van der Waals surface area contributed by atoms with Crippen LogP contribution in [0.2, 0.25) is 0 Å². The zero-order valence-corrected chi connectivity index (χ0v) is 16.1. The van der Waals surface area contributed by atoms with E-state index in [0.717, 1.165) is 19.2 Å². The summed E-state index contributed by atoms with van der Waals surface area (Å²) in [5.74, 6) is -1.99. The van der Waals surface area contributed by atoms with Crippen molar-refractivity contribution in [3.8, 4) is 0 Å². The van der Waals surface area contributed by atoms with Crippen molar-refractivity contribution in [3.63, 3.8) is 0 Å². The summed E-state index contributed by atoms with van der Waals surface area (Å²) in [5.41, 5.74) is -3.68. The maximum absolute atomic E-state index is 14.0. The molecule has 5 nitrogen and oxygen atoms in total. The number of fused-ring (bicyclic) bond motifs is 2. The van der Waals surface area contributed by atoms with Crippen molar-refractivity contribution in [2.45, 2.75) is 57.0 Å². The van der Waals surface area contributed by atoms with Crippen molar-refractivity contribution in [1.82, 2.24) is 0 Å². The Morgan fingerprint density at radius 1 is 1.04 bits per heavy atom. The summed E-state index contributed by atoms with van der Waals surface area (Å²) in [6.07, 6.45) is -8.30. The summed E-state index contributed by atoms with van der Waals surface area (Å²) >= 11 is 0. The van der Waals surface area contributed by atoms with Crippen LogP contribution >= 0.6 is 0 Å². The highest BCUT2D eigenvalue weighted by atomic mass is 19.4. The molecule has 2 aliphatic heterocycles. The average molecular weight is 402 g/mol. The van der Waals surface area contributed by atoms with Gasteiger partial charge in [0.1, 0.15) is 6.10 Å². The van der Waals surface area contributed by atoms with Crippen molar-refractivity contribution < 1.29 is 37.3 Å². The van der Waals surface area contributed by atoms with E-state index in [1.807, 2.05) is 13.8 Å². The van der Waals surface area contributed by atoms with Gasteiger partial charge in [-0.05, 0) is 11.8 Å². The zero-order valence-electron chi connectivity index (χ0n) is 16.1. The molecule has 8 atom stereocenters. The summed E-state index contributed by atoms with van der Waals surface area (Å²) in [4.78, 5) is 12.9. The minimum absolute atomic E-state index is 0.0815. The van der Waals surface area contributed by atoms with E-state index in [0.29, 0.717) is 0 Å². The Bertz CT molecular complexity index is 710. The van der Waals surface area contributed by atoms with E-state index in [9.17, 15) is 23.1 Å². The highest BCUT2D eigenvalue weighted by Crippen LogP contribution is 2.47. The lowest BCUT2D eigenvalue weighted by molar-refractivity contribution is -0.285. The first kappa shape index (κ1) is 21.1. The molecule has 0 unspecified atom stereocenters. The van der Waals surface area contributed by atoms with Crippen molar-refractivity contribution in [2.24, 2.45) is 17.8 Å². The maximum atomic E-state index is 14.0. The fourth-order valence-corrected chi connectivity index (χ4v) is 4.43. The second-order valence-electron chi connectivity index (χ2n) is 7.75. The van der Waals surface area contributed by atoms with Gasteiger partial charge in [0, 0.05) is 18.6 Å². The number of benzene rings is 1. The molecule has 0 aromatic heterocycles. The molecule has 0 spiro atoms. The van der Waals surface area contributed by atoms with Crippen LogP contribution in [-0.2, 0) is 24.6 Å². The first-order valence-corrected chi connectivity index (χ1v) is 9.28. The largest absolute Gasteiger partial charge is 0.454 e. The van der Waals surface area contributed by atoms with E-state index < -0.39 is 36.1 Å². The maximum Gasteiger partial charge on any atom is 0.432 e. The molecule has 2 saturated heterocycles. The molecule has 1 aromatic carbocycles. The molecule has 2 bridgehead atoms. The molecule has 3 rings (SSSR count). The summed E-state index contributed by atoms with van der Waals surface area (Å²) in [5, 5.41) is 10.6. The number of aliphatic hydroxyl groups excluding tert-OH is 1. The van der Waals surface area contributed by atoms with E-state index in [1.54, 1.807) is 6.92 Å². The number of ether oxygens (including phenoxy) is 3. The van der Waals surface area contributed by atoms with E-state index in [2.05, 4.69) is 0 Å². The Labute approximate surface area is 161 Å². The predicted octanol–water partition coefficient (Wildman–Crippen LogP) is 3.05. The molecule has 0 aliphatic carbocycles. The Morgan fingerprint density at radius 2 is 1.61 bits per heavy atom. The van der Waals surface area contributed by atoms with Crippen molar-refractivity contribution in [1.29, 1.82) is 0 Å². The van der Waals surface area contributed by atoms with Crippen molar-refractivity contribution in [2.75, 3.05) is 7.11 Å². The lowest BCUT2D eigenvalue weighted by Crippen LogP contribution is -2.57. The lowest BCUT2D eigenvalue weighted by Gasteiger charge is -2.41. The molecule has 2 fully saturated rings. The summed E-state index contributed by atoms with van der Waals surface area (Å²) in [6, 6.07) is 6.62. The Kier molecular flexibility index (Phi) is 5.51. The third kappa shape index (κ3) is 3.02. The molecule has 0 radical (unpaired) electrons. The van der Waals surface area contributed by atoms with Gasteiger partial charge in [0.2, 0.25) is 0 Å². The van der Waals surface area contributed by atoms with Gasteiger partial charge < -0.3 is 19.3 Å². The monoisotopic (exact) mass is 402 g/mol. The predicted molar refractivity (Wildman–Crippen MR) is 93.2 cm³/mol. The number of hydrogen-bond donors (Lipinski definition) is 1. The second-order valence-corrected chi connectivity index (χ2v) is 7.75. The lowest BCUT2D eigenvalue weighted by atomic mass is 9.88. The molecule has 1 aromatic rings. The van der Waals surface area contributed by atoms with Gasteiger partial charge in [-0.1, -0.05) is 51.1 Å². The van der Waals surface area contributed by atoms with Crippen LogP contribution in [0.25, 0.3) is 0 Å². The molecular weight excluding hydrogens is 377 g/mol. The van der Waals surface area contributed by atoms with Crippen molar-refractivity contribution >= 4 is 5.97 Å². The minimum atomic E-state index is -5.07. The standard InChI is InChI=1S/C20H25F3O5/c1-10-11(2)16-17(14(24)12(3)15(10)27-16)28-18(25)19(26-4,20(21,22)23)13-8-6-5-7-9-13/h5-12,14-17,24H,1-4H3/t10-,11-,12+,14+,15-,16+,17+,19-/m1/s1. The second kappa shape index (κ2) is 7.31. The molecule has 2 aliphatic rings. The Balaban J connectivity index is 1.97. The van der Waals surface area contributed by atoms with Crippen LogP contribution in [0, 0.1) is 17.8 Å². The van der Waals surface area contributed by atoms with Crippen LogP contribution in [0.3, 0.4) is 0 Å². The SMILES string of the molecule is CO[C@@](C(=O)O[C@H]1[C@@H](O)[C@H](C)[C@@H]2O[C@H]1[C@H](C)[C@H]2C)(c1ccccc1)C(F)(F)F. The van der Waals surface area contributed by atoms with Gasteiger partial charge in [-0.25, -0.2) is 4.79 Å². The van der Waals surface area contributed by atoms with Gasteiger partial charge in [0.25, 0.3) is 5.60 Å². The van der Waals surface area contributed by atoms with Gasteiger partial charge in [0.05, 0.1) is 12.2 Å². The number of carbonyl (C=O) groups excluding carboxylic acids is 1. The normalized spacial score (nSPS) is 37.4. The highest BCUT2D eigenvalue weighted by Gasteiger charge is 2.65. The van der Waals surface area contributed by atoms with Crippen LogP contribution in [-0.4, -0.2) is 48.8 Å². The van der Waals surface area contributed by atoms with E-state index in [1.165, 1.54) is 18.2 Å². The average Bonchev–Trinajstić information content (AvgIpc) is 2.91. The van der Waals surface area contributed by atoms with E-state index >= 15 is 0 Å². The highest BCUT2D eigenvalue weighted by molar-refractivity contribution is 5.83. The Hall–Kier alpha value is -1.64. The van der Waals surface area contributed by atoms with E-state index in [4.69, 9.17) is 14.2 Å². The number of rotatable bonds is 4. The van der Waals surface area contributed by atoms with Crippen LogP contribution < -0.4 is 0 Å². The van der Waals surface area contributed by atoms with Gasteiger partial charge in [-0.2, -0.15) is 13.2 Å².